The third kappa shape index (κ3) is 3.56. The number of nitrogens with zero attached hydrogens (tertiary/aromatic N) is 4. The molecule has 2 amide bonds. The van der Waals surface area contributed by atoms with Crippen molar-refractivity contribution < 1.29 is 9.32 Å². The summed E-state index contributed by atoms with van der Waals surface area (Å²) < 4.78 is 5.34. The quantitative estimate of drug-likeness (QED) is 0.933. The highest BCUT2D eigenvalue weighted by Crippen LogP contribution is 2.21. The number of hydrogen-bond acceptors (Lipinski definition) is 5. The number of carbonyl (C=O) groups is 1. The molecule has 0 aliphatic carbocycles. The van der Waals surface area contributed by atoms with Crippen LogP contribution in [0.5, 0.6) is 0 Å². The molecule has 1 saturated heterocycles. The van der Waals surface area contributed by atoms with Crippen molar-refractivity contribution in [1.82, 2.24) is 25.3 Å². The molecule has 1 aliphatic heterocycles. The molecular formula is C17H23N5O2. The van der Waals surface area contributed by atoms with Crippen molar-refractivity contribution in [2.75, 3.05) is 33.2 Å². The summed E-state index contributed by atoms with van der Waals surface area (Å²) in [6, 6.07) is 7.45. The first kappa shape index (κ1) is 16.4. The van der Waals surface area contributed by atoms with Gasteiger partial charge in [0.25, 0.3) is 0 Å². The Morgan fingerprint density at radius 1 is 1.25 bits per heavy atom. The molecule has 24 heavy (non-hydrogen) atoms. The van der Waals surface area contributed by atoms with E-state index in [4.69, 9.17) is 4.52 Å². The molecule has 0 bridgehead atoms. The van der Waals surface area contributed by atoms with Crippen molar-refractivity contribution >= 4 is 6.03 Å². The van der Waals surface area contributed by atoms with Crippen molar-refractivity contribution in [2.24, 2.45) is 0 Å². The molecule has 3 rings (SSSR count). The van der Waals surface area contributed by atoms with E-state index >= 15 is 0 Å². The maximum absolute atomic E-state index is 12.3. The van der Waals surface area contributed by atoms with Crippen LogP contribution in [0.3, 0.4) is 0 Å². The van der Waals surface area contributed by atoms with Gasteiger partial charge < -0.3 is 19.6 Å². The lowest BCUT2D eigenvalue weighted by Gasteiger charge is -2.32. The molecule has 1 atom stereocenters. The highest BCUT2D eigenvalue weighted by atomic mass is 16.5. The second-order valence-electron chi connectivity index (χ2n) is 6.23. The topological polar surface area (TPSA) is 74.5 Å². The van der Waals surface area contributed by atoms with E-state index in [-0.39, 0.29) is 12.1 Å². The number of benzene rings is 1. The molecule has 0 unspecified atom stereocenters. The van der Waals surface area contributed by atoms with Gasteiger partial charge in [-0.2, -0.15) is 4.98 Å². The standard InChI is InChI=1S/C17H23N5O2/c1-12-6-4-5-7-14(12)15-19-16(24-20-15)13(2)18-17(23)22-10-8-21(3)9-11-22/h4-7,13H,8-11H2,1-3H3,(H,18,23)/t13-/m0/s1. The molecule has 7 nitrogen and oxygen atoms in total. The van der Waals surface area contributed by atoms with Crippen LogP contribution >= 0.6 is 0 Å². The van der Waals surface area contributed by atoms with E-state index in [1.165, 1.54) is 0 Å². The predicted molar refractivity (Wildman–Crippen MR) is 90.5 cm³/mol. The summed E-state index contributed by atoms with van der Waals surface area (Å²) in [5.74, 6) is 0.958. The molecule has 0 spiro atoms. The summed E-state index contributed by atoms with van der Waals surface area (Å²) in [6.45, 7) is 7.09. The van der Waals surface area contributed by atoms with Gasteiger partial charge in [-0.25, -0.2) is 4.79 Å². The third-order valence-electron chi connectivity index (χ3n) is 4.33. The summed E-state index contributed by atoms with van der Waals surface area (Å²) in [5.41, 5.74) is 2.02. The van der Waals surface area contributed by atoms with Crippen molar-refractivity contribution in [3.63, 3.8) is 0 Å². The van der Waals surface area contributed by atoms with Gasteiger partial charge in [-0.05, 0) is 26.5 Å². The normalized spacial score (nSPS) is 16.9. The number of likely N-dealkylation sites (N-methyl/N-ethyl adjacent to an activating group) is 1. The molecule has 1 aromatic heterocycles. The highest BCUT2D eigenvalue weighted by Gasteiger charge is 2.23. The Balaban J connectivity index is 1.65. The molecular weight excluding hydrogens is 306 g/mol. The molecule has 2 aromatic rings. The van der Waals surface area contributed by atoms with Gasteiger partial charge in [0.1, 0.15) is 6.04 Å². The summed E-state index contributed by atoms with van der Waals surface area (Å²) in [6.07, 6.45) is 0. The lowest BCUT2D eigenvalue weighted by atomic mass is 10.1. The zero-order valence-electron chi connectivity index (χ0n) is 14.3. The lowest BCUT2D eigenvalue weighted by Crippen LogP contribution is -2.51. The molecule has 0 radical (unpaired) electrons. The third-order valence-corrected chi connectivity index (χ3v) is 4.33. The molecule has 128 valence electrons. The largest absolute Gasteiger partial charge is 0.337 e. The zero-order valence-corrected chi connectivity index (χ0v) is 14.3. The van der Waals surface area contributed by atoms with Gasteiger partial charge in [0, 0.05) is 31.7 Å². The summed E-state index contributed by atoms with van der Waals surface area (Å²) in [7, 11) is 2.06. The van der Waals surface area contributed by atoms with E-state index in [1.54, 1.807) is 0 Å². The minimum Gasteiger partial charge on any atom is -0.337 e. The van der Waals surface area contributed by atoms with Crippen LogP contribution in [0.15, 0.2) is 28.8 Å². The van der Waals surface area contributed by atoms with Crippen LogP contribution in [-0.4, -0.2) is 59.2 Å². The van der Waals surface area contributed by atoms with Crippen LogP contribution in [-0.2, 0) is 0 Å². The fraction of sp³-hybridized carbons (Fsp3) is 0.471. The van der Waals surface area contributed by atoms with Gasteiger partial charge in [-0.1, -0.05) is 29.4 Å². The monoisotopic (exact) mass is 329 g/mol. The van der Waals surface area contributed by atoms with Crippen LogP contribution in [0, 0.1) is 6.92 Å². The Morgan fingerprint density at radius 3 is 2.67 bits per heavy atom. The van der Waals surface area contributed by atoms with E-state index in [1.807, 2.05) is 43.0 Å². The summed E-state index contributed by atoms with van der Waals surface area (Å²) in [5, 5.41) is 6.97. The van der Waals surface area contributed by atoms with Crippen molar-refractivity contribution in [3.8, 4) is 11.4 Å². The Labute approximate surface area is 141 Å². The average Bonchev–Trinajstić information content (AvgIpc) is 3.05. The number of carbonyl (C=O) groups excluding carboxylic acids is 1. The molecule has 7 heteroatoms. The molecule has 1 aromatic carbocycles. The van der Waals surface area contributed by atoms with E-state index < -0.39 is 0 Å². The van der Waals surface area contributed by atoms with Gasteiger partial charge in [0.2, 0.25) is 11.7 Å². The Bertz CT molecular complexity index is 707. The molecule has 1 N–H and O–H groups in total. The number of piperazine rings is 1. The van der Waals surface area contributed by atoms with Crippen LogP contribution < -0.4 is 5.32 Å². The van der Waals surface area contributed by atoms with Crippen LogP contribution in [0.4, 0.5) is 4.79 Å². The van der Waals surface area contributed by atoms with E-state index in [2.05, 4.69) is 27.4 Å². The zero-order chi connectivity index (χ0) is 17.1. The van der Waals surface area contributed by atoms with Gasteiger partial charge in [-0.3, -0.25) is 0 Å². The highest BCUT2D eigenvalue weighted by molar-refractivity contribution is 5.74. The number of hydrogen-bond donors (Lipinski definition) is 1. The molecule has 0 saturated carbocycles. The van der Waals surface area contributed by atoms with Gasteiger partial charge in [-0.15, -0.1) is 0 Å². The van der Waals surface area contributed by atoms with Crippen molar-refractivity contribution in [1.29, 1.82) is 0 Å². The van der Waals surface area contributed by atoms with Gasteiger partial charge >= 0.3 is 6.03 Å². The van der Waals surface area contributed by atoms with Gasteiger partial charge in [0.05, 0.1) is 0 Å². The first-order chi connectivity index (χ1) is 11.5. The molecule has 2 heterocycles. The van der Waals surface area contributed by atoms with Crippen LogP contribution in [0.2, 0.25) is 0 Å². The minimum atomic E-state index is -0.331. The molecule has 1 fully saturated rings. The predicted octanol–water partition coefficient (Wildman–Crippen LogP) is 2.06. The minimum absolute atomic E-state index is 0.0914. The molecule has 1 aliphatic rings. The van der Waals surface area contributed by atoms with Crippen LogP contribution in [0.25, 0.3) is 11.4 Å². The fourth-order valence-electron chi connectivity index (χ4n) is 2.69. The summed E-state index contributed by atoms with van der Waals surface area (Å²) >= 11 is 0. The SMILES string of the molecule is Cc1ccccc1-c1noc([C@H](C)NC(=O)N2CCN(C)CC2)n1. The first-order valence-electron chi connectivity index (χ1n) is 8.18. The Morgan fingerprint density at radius 2 is 1.96 bits per heavy atom. The second-order valence-corrected chi connectivity index (χ2v) is 6.23. The van der Waals surface area contributed by atoms with Gasteiger partial charge in [0.15, 0.2) is 0 Å². The average molecular weight is 329 g/mol. The maximum atomic E-state index is 12.3. The number of amides is 2. The van der Waals surface area contributed by atoms with E-state index in [9.17, 15) is 4.79 Å². The van der Waals surface area contributed by atoms with E-state index in [0.29, 0.717) is 11.7 Å². The Hall–Kier alpha value is -2.41. The number of urea groups is 1. The van der Waals surface area contributed by atoms with Crippen LogP contribution in [0.1, 0.15) is 24.4 Å². The van der Waals surface area contributed by atoms with Crippen molar-refractivity contribution in [3.05, 3.63) is 35.7 Å². The number of rotatable bonds is 3. The second kappa shape index (κ2) is 7.00. The fourth-order valence-corrected chi connectivity index (χ4v) is 2.69. The number of aryl methyl sites for hydroxylation is 1. The summed E-state index contributed by atoms with van der Waals surface area (Å²) in [4.78, 5) is 20.8. The van der Waals surface area contributed by atoms with Crippen molar-refractivity contribution in [2.45, 2.75) is 19.9 Å². The first-order valence-corrected chi connectivity index (χ1v) is 8.18. The lowest BCUT2D eigenvalue weighted by molar-refractivity contribution is 0.150. The van der Waals surface area contributed by atoms with E-state index in [0.717, 1.165) is 37.3 Å². The maximum Gasteiger partial charge on any atom is 0.318 e. The number of nitrogens with one attached hydrogen (secondary N) is 1. The number of aromatic nitrogens is 2. The smallest absolute Gasteiger partial charge is 0.318 e. The Kier molecular flexibility index (Phi) is 4.80.